The third kappa shape index (κ3) is 3.35. The van der Waals surface area contributed by atoms with E-state index in [0.29, 0.717) is 5.88 Å². The lowest BCUT2D eigenvalue weighted by Gasteiger charge is -2.28. The number of nitrogens with two attached hydrogens (primary N) is 1. The topological polar surface area (TPSA) is 94.7 Å². The Kier molecular flexibility index (Phi) is 4.21. The van der Waals surface area contributed by atoms with Gasteiger partial charge >= 0.3 is 5.97 Å². The molecule has 104 valence electrons. The van der Waals surface area contributed by atoms with Crippen LogP contribution in [0.3, 0.4) is 0 Å². The van der Waals surface area contributed by atoms with Crippen molar-refractivity contribution in [2.75, 3.05) is 12.8 Å². The Morgan fingerprint density at radius 1 is 1.47 bits per heavy atom. The maximum atomic E-state index is 10.8. The van der Waals surface area contributed by atoms with E-state index < -0.39 is 5.97 Å². The van der Waals surface area contributed by atoms with Crippen LogP contribution >= 0.6 is 0 Å². The van der Waals surface area contributed by atoms with Gasteiger partial charge in [-0.15, -0.1) is 0 Å². The van der Waals surface area contributed by atoms with Crippen LogP contribution in [0.25, 0.3) is 0 Å². The van der Waals surface area contributed by atoms with Gasteiger partial charge in [0.15, 0.2) is 0 Å². The van der Waals surface area contributed by atoms with Crippen molar-refractivity contribution in [2.24, 2.45) is 0 Å². The molecule has 1 fully saturated rings. The standard InChI is InChI=1S/C13H18N2O4/c1-18-9-3-2-4-10(6-9)19-12-11(14)5-8(7-15-12)13(16)17/h5,7,9-10H,2-4,6,14H2,1H3,(H,16,17). The van der Waals surface area contributed by atoms with Crippen molar-refractivity contribution < 1.29 is 19.4 Å². The summed E-state index contributed by atoms with van der Waals surface area (Å²) in [6.07, 6.45) is 5.29. The van der Waals surface area contributed by atoms with Crippen LogP contribution in [0.2, 0.25) is 0 Å². The van der Waals surface area contributed by atoms with Crippen molar-refractivity contribution in [1.29, 1.82) is 0 Å². The van der Waals surface area contributed by atoms with Crippen LogP contribution in [-0.2, 0) is 4.74 Å². The number of methoxy groups -OCH3 is 1. The van der Waals surface area contributed by atoms with Crippen LogP contribution in [0.5, 0.6) is 5.88 Å². The molecular weight excluding hydrogens is 248 g/mol. The molecule has 1 aromatic rings. The molecule has 2 unspecified atom stereocenters. The molecule has 1 aliphatic rings. The Bertz CT molecular complexity index is 464. The highest BCUT2D eigenvalue weighted by Gasteiger charge is 2.24. The predicted octanol–water partition coefficient (Wildman–Crippen LogP) is 1.70. The van der Waals surface area contributed by atoms with Crippen LogP contribution in [0.4, 0.5) is 5.69 Å². The number of carbonyl (C=O) groups is 1. The van der Waals surface area contributed by atoms with Crippen molar-refractivity contribution in [1.82, 2.24) is 4.98 Å². The van der Waals surface area contributed by atoms with Crippen LogP contribution in [0.1, 0.15) is 36.0 Å². The summed E-state index contributed by atoms with van der Waals surface area (Å²) in [6, 6.07) is 1.36. The molecule has 2 atom stereocenters. The van der Waals surface area contributed by atoms with Gasteiger partial charge in [-0.3, -0.25) is 0 Å². The number of carboxylic acid groups (broad SMARTS) is 1. The van der Waals surface area contributed by atoms with Gasteiger partial charge in [0.1, 0.15) is 6.10 Å². The zero-order valence-corrected chi connectivity index (χ0v) is 10.8. The molecule has 0 saturated heterocycles. The molecule has 6 nitrogen and oxygen atoms in total. The maximum absolute atomic E-state index is 10.8. The SMILES string of the molecule is COC1CCCC(Oc2ncc(C(=O)O)cc2N)C1. The molecule has 0 spiro atoms. The Morgan fingerprint density at radius 3 is 2.84 bits per heavy atom. The summed E-state index contributed by atoms with van der Waals surface area (Å²) in [5, 5.41) is 8.84. The number of aromatic carboxylic acids is 1. The minimum absolute atomic E-state index is 0.0178. The second-order valence-corrected chi connectivity index (χ2v) is 4.69. The lowest BCUT2D eigenvalue weighted by molar-refractivity contribution is 0.0198. The zero-order valence-electron chi connectivity index (χ0n) is 10.8. The number of pyridine rings is 1. The number of carboxylic acids is 1. The minimum Gasteiger partial charge on any atom is -0.478 e. The fraction of sp³-hybridized carbons (Fsp3) is 0.538. The van der Waals surface area contributed by atoms with Crippen molar-refractivity contribution in [3.63, 3.8) is 0 Å². The van der Waals surface area contributed by atoms with Crippen LogP contribution in [0.15, 0.2) is 12.3 Å². The zero-order chi connectivity index (χ0) is 13.8. The van der Waals surface area contributed by atoms with E-state index in [2.05, 4.69) is 4.98 Å². The first-order chi connectivity index (χ1) is 9.10. The summed E-state index contributed by atoms with van der Waals surface area (Å²) in [4.78, 5) is 14.8. The van der Waals surface area contributed by atoms with E-state index in [-0.39, 0.29) is 23.5 Å². The molecule has 1 heterocycles. The monoisotopic (exact) mass is 266 g/mol. The van der Waals surface area contributed by atoms with E-state index in [1.807, 2.05) is 0 Å². The van der Waals surface area contributed by atoms with Gasteiger partial charge in [-0.1, -0.05) is 0 Å². The molecular formula is C13H18N2O4. The van der Waals surface area contributed by atoms with Gasteiger partial charge in [0.2, 0.25) is 5.88 Å². The molecule has 0 bridgehead atoms. The third-order valence-corrected chi connectivity index (χ3v) is 3.32. The molecule has 0 aliphatic heterocycles. The van der Waals surface area contributed by atoms with Gasteiger partial charge in [-0.25, -0.2) is 9.78 Å². The van der Waals surface area contributed by atoms with Gasteiger partial charge < -0.3 is 20.3 Å². The van der Waals surface area contributed by atoms with Gasteiger partial charge in [0, 0.05) is 19.7 Å². The van der Waals surface area contributed by atoms with E-state index in [1.54, 1.807) is 7.11 Å². The Morgan fingerprint density at radius 2 is 2.21 bits per heavy atom. The first-order valence-electron chi connectivity index (χ1n) is 6.28. The number of aromatic nitrogens is 1. The fourth-order valence-corrected chi connectivity index (χ4v) is 2.27. The summed E-state index contributed by atoms with van der Waals surface area (Å²) < 4.78 is 11.1. The van der Waals surface area contributed by atoms with E-state index in [0.717, 1.165) is 25.7 Å². The van der Waals surface area contributed by atoms with E-state index in [1.165, 1.54) is 12.3 Å². The Balaban J connectivity index is 2.04. The lowest BCUT2D eigenvalue weighted by Crippen LogP contribution is -2.30. The predicted molar refractivity (Wildman–Crippen MR) is 69.3 cm³/mol. The van der Waals surface area contributed by atoms with E-state index >= 15 is 0 Å². The number of ether oxygens (including phenoxy) is 2. The summed E-state index contributed by atoms with van der Waals surface area (Å²) in [5.41, 5.74) is 6.07. The van der Waals surface area contributed by atoms with Gasteiger partial charge in [-0.05, 0) is 25.3 Å². The summed E-state index contributed by atoms with van der Waals surface area (Å²) >= 11 is 0. The van der Waals surface area contributed by atoms with Gasteiger partial charge in [0.25, 0.3) is 0 Å². The number of nitrogens with zero attached hydrogens (tertiary/aromatic N) is 1. The van der Waals surface area contributed by atoms with Gasteiger partial charge in [0.05, 0.1) is 17.4 Å². The first kappa shape index (κ1) is 13.6. The highest BCUT2D eigenvalue weighted by atomic mass is 16.5. The summed E-state index contributed by atoms with van der Waals surface area (Å²) in [5.74, 6) is -0.755. The number of nitrogen functional groups attached to an aromatic ring is 1. The van der Waals surface area contributed by atoms with E-state index in [9.17, 15) is 4.79 Å². The second-order valence-electron chi connectivity index (χ2n) is 4.69. The number of anilines is 1. The first-order valence-corrected chi connectivity index (χ1v) is 6.28. The van der Waals surface area contributed by atoms with Crippen LogP contribution < -0.4 is 10.5 Å². The number of rotatable bonds is 4. The quantitative estimate of drug-likeness (QED) is 0.861. The molecule has 19 heavy (non-hydrogen) atoms. The second kappa shape index (κ2) is 5.88. The molecule has 0 aromatic carbocycles. The Labute approximate surface area is 111 Å². The average Bonchev–Trinajstić information content (AvgIpc) is 2.41. The van der Waals surface area contributed by atoms with Crippen molar-refractivity contribution >= 4 is 11.7 Å². The molecule has 0 radical (unpaired) electrons. The summed E-state index contributed by atoms with van der Waals surface area (Å²) in [6.45, 7) is 0. The van der Waals surface area contributed by atoms with Crippen molar-refractivity contribution in [3.8, 4) is 5.88 Å². The fourth-order valence-electron chi connectivity index (χ4n) is 2.27. The highest BCUT2D eigenvalue weighted by Crippen LogP contribution is 2.27. The highest BCUT2D eigenvalue weighted by molar-refractivity contribution is 5.88. The number of hydrogen-bond acceptors (Lipinski definition) is 5. The molecule has 0 amide bonds. The molecule has 6 heteroatoms. The Hall–Kier alpha value is -1.82. The maximum Gasteiger partial charge on any atom is 0.337 e. The average molecular weight is 266 g/mol. The summed E-state index contributed by atoms with van der Waals surface area (Å²) in [7, 11) is 1.70. The van der Waals surface area contributed by atoms with Gasteiger partial charge in [-0.2, -0.15) is 0 Å². The molecule has 3 N–H and O–H groups in total. The molecule has 2 rings (SSSR count). The van der Waals surface area contributed by atoms with Crippen molar-refractivity contribution in [3.05, 3.63) is 17.8 Å². The third-order valence-electron chi connectivity index (χ3n) is 3.32. The van der Waals surface area contributed by atoms with E-state index in [4.69, 9.17) is 20.3 Å². The van der Waals surface area contributed by atoms with Crippen molar-refractivity contribution in [2.45, 2.75) is 37.9 Å². The minimum atomic E-state index is -1.05. The lowest BCUT2D eigenvalue weighted by atomic mass is 9.95. The number of hydrogen-bond donors (Lipinski definition) is 2. The smallest absolute Gasteiger partial charge is 0.337 e. The molecule has 1 saturated carbocycles. The normalized spacial score (nSPS) is 23.0. The van der Waals surface area contributed by atoms with Crippen LogP contribution in [0, 0.1) is 0 Å². The molecule has 1 aromatic heterocycles. The molecule has 1 aliphatic carbocycles. The largest absolute Gasteiger partial charge is 0.478 e. The van der Waals surface area contributed by atoms with Crippen LogP contribution in [-0.4, -0.2) is 35.4 Å².